The van der Waals surface area contributed by atoms with Crippen molar-refractivity contribution < 1.29 is 19.0 Å². The first-order valence-corrected chi connectivity index (χ1v) is 11.5. The monoisotopic (exact) mass is 477 g/mol. The first kappa shape index (κ1) is 22.6. The number of nitrogens with zero attached hydrogens (tertiary/aromatic N) is 6. The zero-order valence-corrected chi connectivity index (χ0v) is 19.3. The molecule has 11 heteroatoms. The van der Waals surface area contributed by atoms with Gasteiger partial charge in [0.1, 0.15) is 29.7 Å². The van der Waals surface area contributed by atoms with Crippen molar-refractivity contribution in [2.75, 3.05) is 17.3 Å². The Morgan fingerprint density at radius 1 is 1.34 bits per heavy atom. The fourth-order valence-corrected chi connectivity index (χ4v) is 5.12. The van der Waals surface area contributed by atoms with E-state index in [9.17, 15) is 19.6 Å². The lowest BCUT2D eigenvalue weighted by Crippen LogP contribution is -2.42. The highest BCUT2D eigenvalue weighted by Gasteiger charge is 2.39. The van der Waals surface area contributed by atoms with Gasteiger partial charge in [0.25, 0.3) is 0 Å². The van der Waals surface area contributed by atoms with Crippen LogP contribution in [0.1, 0.15) is 66.8 Å². The minimum atomic E-state index is -1.39. The van der Waals surface area contributed by atoms with Crippen LogP contribution in [-0.2, 0) is 0 Å². The molecule has 35 heavy (non-hydrogen) atoms. The Kier molecular flexibility index (Phi) is 5.72. The minimum absolute atomic E-state index is 0.0765. The molecule has 0 amide bonds. The van der Waals surface area contributed by atoms with Crippen LogP contribution in [0.5, 0.6) is 5.75 Å². The Morgan fingerprint density at radius 2 is 2.11 bits per heavy atom. The molecule has 180 valence electrons. The van der Waals surface area contributed by atoms with Gasteiger partial charge >= 0.3 is 5.97 Å². The highest BCUT2D eigenvalue weighted by Crippen LogP contribution is 2.44. The number of nitriles is 1. The summed E-state index contributed by atoms with van der Waals surface area (Å²) in [7, 11) is 1.37. The maximum atomic E-state index is 14.4. The fraction of sp³-hybridized carbons (Fsp3) is 0.375. The highest BCUT2D eigenvalue weighted by atomic mass is 19.1. The molecule has 3 aromatic rings. The summed E-state index contributed by atoms with van der Waals surface area (Å²) in [4.78, 5) is 27.1. The first-order valence-electron chi connectivity index (χ1n) is 11.5. The quantitative estimate of drug-likeness (QED) is 0.532. The number of nitrogens with one attached hydrogen (secondary N) is 1. The predicted molar refractivity (Wildman–Crippen MR) is 125 cm³/mol. The van der Waals surface area contributed by atoms with Gasteiger partial charge in [-0.05, 0) is 25.3 Å². The number of benzene rings is 1. The number of imidazole rings is 1. The Hall–Kier alpha value is -4.20. The number of halogens is 1. The number of carboxylic acids is 1. The van der Waals surface area contributed by atoms with Gasteiger partial charge in [0.15, 0.2) is 11.5 Å². The van der Waals surface area contributed by atoms with Crippen LogP contribution >= 0.6 is 0 Å². The third kappa shape index (κ3) is 3.71. The lowest BCUT2D eigenvalue weighted by molar-refractivity contribution is 0.0691. The van der Waals surface area contributed by atoms with E-state index >= 15 is 0 Å². The van der Waals surface area contributed by atoms with E-state index in [4.69, 9.17) is 9.72 Å². The van der Waals surface area contributed by atoms with Gasteiger partial charge in [-0.15, -0.1) is 0 Å². The molecular weight excluding hydrogens is 453 g/mol. The summed E-state index contributed by atoms with van der Waals surface area (Å²) in [6, 6.07) is 4.58. The lowest BCUT2D eigenvalue weighted by atomic mass is 10.0. The number of fused-ring (bicyclic) bond motifs is 3. The SMILES string of the molecule is CC[C@@H]1c2c(C#N)ncn2-c2cnc(Nc3cc(F)c(C(=O)O)cc3OC)nc2N1C1CCCC1. The number of hydrogen-bond donors (Lipinski definition) is 2. The van der Waals surface area contributed by atoms with E-state index in [0.717, 1.165) is 55.6 Å². The van der Waals surface area contributed by atoms with Crippen molar-refractivity contribution in [1.29, 1.82) is 5.26 Å². The minimum Gasteiger partial charge on any atom is -0.495 e. The summed E-state index contributed by atoms with van der Waals surface area (Å²) >= 11 is 0. The molecule has 10 nitrogen and oxygen atoms in total. The van der Waals surface area contributed by atoms with E-state index in [-0.39, 0.29) is 29.5 Å². The van der Waals surface area contributed by atoms with Gasteiger partial charge in [-0.1, -0.05) is 19.8 Å². The van der Waals surface area contributed by atoms with Crippen LogP contribution in [0, 0.1) is 17.1 Å². The Labute approximate surface area is 201 Å². The van der Waals surface area contributed by atoms with Gasteiger partial charge in [0, 0.05) is 12.1 Å². The highest BCUT2D eigenvalue weighted by molar-refractivity contribution is 5.89. The third-order valence-corrected chi connectivity index (χ3v) is 6.69. The number of aromatic carboxylic acids is 1. The van der Waals surface area contributed by atoms with Gasteiger partial charge in [0.05, 0.1) is 36.3 Å². The van der Waals surface area contributed by atoms with Crippen molar-refractivity contribution in [2.24, 2.45) is 0 Å². The van der Waals surface area contributed by atoms with E-state index in [0.29, 0.717) is 11.5 Å². The molecule has 1 aliphatic heterocycles. The molecule has 2 N–H and O–H groups in total. The van der Waals surface area contributed by atoms with Crippen molar-refractivity contribution in [3.05, 3.63) is 47.4 Å². The number of aromatic nitrogens is 4. The van der Waals surface area contributed by atoms with Crippen molar-refractivity contribution in [2.45, 2.75) is 51.1 Å². The molecule has 1 aromatic carbocycles. The predicted octanol–water partition coefficient (Wildman–Crippen LogP) is 4.34. The van der Waals surface area contributed by atoms with Crippen molar-refractivity contribution in [1.82, 2.24) is 19.5 Å². The molecule has 2 aromatic heterocycles. The van der Waals surface area contributed by atoms with Gasteiger partial charge in [-0.25, -0.2) is 19.2 Å². The van der Waals surface area contributed by atoms with Gasteiger partial charge < -0.3 is 20.1 Å². The van der Waals surface area contributed by atoms with Crippen molar-refractivity contribution >= 4 is 23.4 Å². The molecule has 2 aliphatic rings. The molecule has 1 fully saturated rings. The second kappa shape index (κ2) is 8.87. The van der Waals surface area contributed by atoms with Crippen LogP contribution in [0.3, 0.4) is 0 Å². The molecule has 0 radical (unpaired) electrons. The standard InChI is InChI=1S/C24H24FN7O3/c1-3-18-21-17(10-26)28-12-31(21)19-11-27-24(30-22(19)32(18)13-6-4-5-7-13)29-16-9-15(25)14(23(33)34)8-20(16)35-2/h8-9,11-13,18H,3-7H2,1-2H3,(H,33,34)(H,27,29,30)/t18-/m1/s1. The van der Waals surface area contributed by atoms with Crippen LogP contribution in [0.2, 0.25) is 0 Å². The summed E-state index contributed by atoms with van der Waals surface area (Å²) in [5.41, 5.74) is 1.67. The second-order valence-electron chi connectivity index (χ2n) is 8.59. The molecule has 5 rings (SSSR count). The molecule has 1 aliphatic carbocycles. The van der Waals surface area contributed by atoms with Crippen LogP contribution in [0.25, 0.3) is 5.69 Å². The third-order valence-electron chi connectivity index (χ3n) is 6.69. The first-order chi connectivity index (χ1) is 17.0. The summed E-state index contributed by atoms with van der Waals surface area (Å²) in [5, 5.41) is 21.9. The van der Waals surface area contributed by atoms with Gasteiger partial charge in [-0.3, -0.25) is 4.57 Å². The van der Waals surface area contributed by atoms with Crippen LogP contribution in [0.15, 0.2) is 24.7 Å². The molecule has 1 atom stereocenters. The maximum Gasteiger partial charge on any atom is 0.338 e. The zero-order valence-electron chi connectivity index (χ0n) is 19.3. The van der Waals surface area contributed by atoms with Crippen molar-refractivity contribution in [3.63, 3.8) is 0 Å². The van der Waals surface area contributed by atoms with Gasteiger partial charge in [-0.2, -0.15) is 10.2 Å². The van der Waals surface area contributed by atoms with E-state index in [2.05, 4.69) is 33.2 Å². The number of rotatable bonds is 6. The molecular formula is C24H24FN7O3. The molecule has 0 bridgehead atoms. The van der Waals surface area contributed by atoms with E-state index < -0.39 is 17.3 Å². The normalized spacial score (nSPS) is 17.0. The summed E-state index contributed by atoms with van der Waals surface area (Å²) in [6.07, 6.45) is 8.33. The maximum absolute atomic E-state index is 14.4. The number of carboxylic acid groups (broad SMARTS) is 1. The molecule has 3 heterocycles. The molecule has 1 saturated carbocycles. The molecule has 0 spiro atoms. The average molecular weight is 478 g/mol. The number of hydrogen-bond acceptors (Lipinski definition) is 8. The molecule has 0 unspecified atom stereocenters. The zero-order chi connectivity index (χ0) is 24.7. The summed E-state index contributed by atoms with van der Waals surface area (Å²) < 4.78 is 21.5. The van der Waals surface area contributed by atoms with E-state index in [1.807, 2.05) is 4.57 Å². The van der Waals surface area contributed by atoms with Crippen LogP contribution in [-0.4, -0.2) is 43.7 Å². The smallest absolute Gasteiger partial charge is 0.338 e. The van der Waals surface area contributed by atoms with Crippen LogP contribution in [0.4, 0.5) is 21.8 Å². The van der Waals surface area contributed by atoms with Crippen molar-refractivity contribution in [3.8, 4) is 17.5 Å². The number of ether oxygens (including phenoxy) is 1. The van der Waals surface area contributed by atoms with Crippen LogP contribution < -0.4 is 15.0 Å². The number of methoxy groups -OCH3 is 1. The lowest BCUT2D eigenvalue weighted by Gasteiger charge is -2.41. The van der Waals surface area contributed by atoms with E-state index in [1.54, 1.807) is 12.5 Å². The Bertz CT molecular complexity index is 1340. The number of carbonyl (C=O) groups is 1. The summed E-state index contributed by atoms with van der Waals surface area (Å²) in [5.74, 6) is -1.21. The fourth-order valence-electron chi connectivity index (χ4n) is 5.12. The molecule has 0 saturated heterocycles. The number of anilines is 3. The Balaban J connectivity index is 1.61. The average Bonchev–Trinajstić information content (AvgIpc) is 3.53. The Morgan fingerprint density at radius 3 is 2.77 bits per heavy atom. The van der Waals surface area contributed by atoms with Gasteiger partial charge in [0.2, 0.25) is 5.95 Å². The largest absolute Gasteiger partial charge is 0.495 e. The topological polar surface area (TPSA) is 129 Å². The second-order valence-corrected chi connectivity index (χ2v) is 8.59. The summed E-state index contributed by atoms with van der Waals surface area (Å²) in [6.45, 7) is 2.08. The van der Waals surface area contributed by atoms with E-state index in [1.165, 1.54) is 7.11 Å².